The van der Waals surface area contributed by atoms with Crippen LogP contribution in [0.1, 0.15) is 20.3 Å². The highest BCUT2D eigenvalue weighted by molar-refractivity contribution is 8.68. The first-order chi connectivity index (χ1) is 4.48. The average molecular weight is 179 g/mol. The molecule has 0 spiro atoms. The van der Waals surface area contributed by atoms with Crippen molar-refractivity contribution in [1.82, 2.24) is 0 Å². The molecule has 0 aromatic rings. The molecule has 0 aromatic carbocycles. The van der Waals surface area contributed by atoms with Gasteiger partial charge in [0, 0.05) is 12.2 Å². The molecule has 0 amide bonds. The van der Waals surface area contributed by atoms with Crippen LogP contribution >= 0.6 is 22.5 Å². The van der Waals surface area contributed by atoms with Crippen molar-refractivity contribution < 1.29 is 4.79 Å². The summed E-state index contributed by atoms with van der Waals surface area (Å²) in [6.07, 6.45) is 0.512. The summed E-state index contributed by atoms with van der Waals surface area (Å²) in [5.41, 5.74) is 4.86. The number of carbonyl (C=O) groups excluding carboxylic acids is 1. The second-order valence-electron chi connectivity index (χ2n) is 2.73. The Kier molecular flexibility index (Phi) is 4.40. The summed E-state index contributed by atoms with van der Waals surface area (Å²) in [6, 6.07) is 0. The van der Waals surface area contributed by atoms with Gasteiger partial charge in [-0.3, -0.25) is 4.79 Å². The molecular weight excluding hydrogens is 166 g/mol. The normalized spacial score (nSPS) is 11.6. The molecule has 0 saturated heterocycles. The van der Waals surface area contributed by atoms with E-state index in [-0.39, 0.29) is 5.78 Å². The Hall–Kier alpha value is 0.330. The summed E-state index contributed by atoms with van der Waals surface area (Å²) in [5, 5.41) is 0. The number of ketones is 1. The van der Waals surface area contributed by atoms with Gasteiger partial charge < -0.3 is 5.73 Å². The van der Waals surface area contributed by atoms with E-state index >= 15 is 0 Å². The molecule has 0 saturated carbocycles. The fourth-order valence-corrected chi connectivity index (χ4v) is 1.01. The van der Waals surface area contributed by atoms with Crippen LogP contribution in [0.25, 0.3) is 0 Å². The van der Waals surface area contributed by atoms with Gasteiger partial charge in [-0.1, -0.05) is 10.8 Å². The van der Waals surface area contributed by atoms with E-state index in [0.717, 1.165) is 5.75 Å². The summed E-state index contributed by atoms with van der Waals surface area (Å²) in [6.45, 7) is 3.44. The molecule has 2 nitrogen and oxygen atoms in total. The summed E-state index contributed by atoms with van der Waals surface area (Å²) in [4.78, 5) is 11.1. The van der Waals surface area contributed by atoms with E-state index in [9.17, 15) is 4.79 Å². The maximum absolute atomic E-state index is 11.1. The minimum atomic E-state index is -0.677. The zero-order chi connectivity index (χ0) is 8.20. The Bertz CT molecular complexity index is 119. The van der Waals surface area contributed by atoms with Gasteiger partial charge in [-0.15, -0.1) is 11.7 Å². The third-order valence-corrected chi connectivity index (χ3v) is 2.07. The first kappa shape index (κ1) is 10.3. The van der Waals surface area contributed by atoms with Crippen molar-refractivity contribution in [3.63, 3.8) is 0 Å². The monoisotopic (exact) mass is 179 g/mol. The van der Waals surface area contributed by atoms with Crippen molar-refractivity contribution >= 4 is 28.2 Å². The Morgan fingerprint density at radius 2 is 2.20 bits per heavy atom. The number of thiol groups is 1. The quantitative estimate of drug-likeness (QED) is 0.504. The topological polar surface area (TPSA) is 43.1 Å². The van der Waals surface area contributed by atoms with Gasteiger partial charge in [0.05, 0.1) is 5.54 Å². The van der Waals surface area contributed by atoms with Crippen LogP contribution in [0, 0.1) is 0 Å². The molecular formula is C6H13NOS2. The van der Waals surface area contributed by atoms with Crippen LogP contribution in [0.15, 0.2) is 0 Å². The van der Waals surface area contributed by atoms with Crippen molar-refractivity contribution in [1.29, 1.82) is 0 Å². The van der Waals surface area contributed by atoms with Gasteiger partial charge >= 0.3 is 0 Å². The molecule has 0 unspecified atom stereocenters. The third kappa shape index (κ3) is 4.19. The molecule has 4 heteroatoms. The Morgan fingerprint density at radius 3 is 2.50 bits per heavy atom. The largest absolute Gasteiger partial charge is 0.319 e. The number of Topliss-reactive ketones (excluding diaryl/α,β-unsaturated/α-hetero) is 1. The van der Waals surface area contributed by atoms with Gasteiger partial charge in [0.25, 0.3) is 0 Å². The molecule has 0 aromatic heterocycles. The van der Waals surface area contributed by atoms with E-state index in [1.165, 1.54) is 10.8 Å². The highest BCUT2D eigenvalue weighted by Gasteiger charge is 2.20. The van der Waals surface area contributed by atoms with Gasteiger partial charge in [0.1, 0.15) is 0 Å². The standard InChI is InChI=1S/C6H13NOS2/c1-6(2,7)5(8)3-4-10-9/h9H,3-4,7H2,1-2H3. The van der Waals surface area contributed by atoms with E-state index in [1.54, 1.807) is 13.8 Å². The summed E-state index contributed by atoms with van der Waals surface area (Å²) >= 11 is 3.91. The van der Waals surface area contributed by atoms with E-state index in [0.29, 0.717) is 6.42 Å². The Balaban J connectivity index is 3.64. The third-order valence-electron chi connectivity index (χ3n) is 1.14. The van der Waals surface area contributed by atoms with Gasteiger partial charge in [-0.25, -0.2) is 0 Å². The minimum absolute atomic E-state index is 0.0917. The highest BCUT2D eigenvalue weighted by atomic mass is 33.1. The van der Waals surface area contributed by atoms with E-state index in [1.807, 2.05) is 0 Å². The van der Waals surface area contributed by atoms with Gasteiger partial charge in [-0.2, -0.15) is 0 Å². The lowest BCUT2D eigenvalue weighted by Crippen LogP contribution is -2.41. The number of rotatable bonds is 4. The molecule has 0 bridgehead atoms. The molecule has 2 N–H and O–H groups in total. The van der Waals surface area contributed by atoms with Crippen molar-refractivity contribution in [2.75, 3.05) is 5.75 Å². The molecule has 0 atom stereocenters. The van der Waals surface area contributed by atoms with E-state index < -0.39 is 5.54 Å². The van der Waals surface area contributed by atoms with Crippen LogP contribution in [0.4, 0.5) is 0 Å². The van der Waals surface area contributed by atoms with Gasteiger partial charge in [-0.05, 0) is 13.8 Å². The van der Waals surface area contributed by atoms with Crippen LogP contribution in [0.3, 0.4) is 0 Å². The number of nitrogens with two attached hydrogens (primary N) is 1. The van der Waals surface area contributed by atoms with Crippen molar-refractivity contribution in [2.24, 2.45) is 5.73 Å². The van der Waals surface area contributed by atoms with Crippen molar-refractivity contribution in [3.8, 4) is 0 Å². The lowest BCUT2D eigenvalue weighted by molar-refractivity contribution is -0.122. The lowest BCUT2D eigenvalue weighted by atomic mass is 9.99. The smallest absolute Gasteiger partial charge is 0.152 e. The van der Waals surface area contributed by atoms with Crippen LogP contribution in [-0.2, 0) is 4.79 Å². The van der Waals surface area contributed by atoms with Gasteiger partial charge in [0.15, 0.2) is 5.78 Å². The number of carbonyl (C=O) groups is 1. The number of hydrogen-bond acceptors (Lipinski definition) is 4. The SMILES string of the molecule is CC(C)(N)C(=O)CCSS. The summed E-state index contributed by atoms with van der Waals surface area (Å²) in [5.74, 6) is 0.830. The van der Waals surface area contributed by atoms with Crippen LogP contribution in [0.5, 0.6) is 0 Å². The molecule has 60 valence electrons. The molecule has 0 aliphatic carbocycles. The van der Waals surface area contributed by atoms with Crippen LogP contribution in [0.2, 0.25) is 0 Å². The predicted molar refractivity (Wildman–Crippen MR) is 49.3 cm³/mol. The second kappa shape index (κ2) is 4.26. The Labute approximate surface area is 70.7 Å². The van der Waals surface area contributed by atoms with E-state index in [4.69, 9.17) is 5.73 Å². The first-order valence-corrected chi connectivity index (χ1v) is 5.11. The summed E-state index contributed by atoms with van der Waals surface area (Å²) in [7, 11) is 1.36. The maximum Gasteiger partial charge on any atom is 0.152 e. The molecule has 0 aliphatic rings. The minimum Gasteiger partial charge on any atom is -0.319 e. The maximum atomic E-state index is 11.1. The Morgan fingerprint density at radius 1 is 1.70 bits per heavy atom. The fraction of sp³-hybridized carbons (Fsp3) is 0.833. The second-order valence-corrected chi connectivity index (χ2v) is 4.17. The van der Waals surface area contributed by atoms with Gasteiger partial charge in [0.2, 0.25) is 0 Å². The summed E-state index contributed by atoms with van der Waals surface area (Å²) < 4.78 is 0. The number of hydrogen-bond donors (Lipinski definition) is 2. The molecule has 0 rings (SSSR count). The van der Waals surface area contributed by atoms with Crippen LogP contribution < -0.4 is 5.73 Å². The molecule has 0 radical (unpaired) electrons. The lowest BCUT2D eigenvalue weighted by Gasteiger charge is -2.15. The molecule has 0 heterocycles. The van der Waals surface area contributed by atoms with Crippen molar-refractivity contribution in [3.05, 3.63) is 0 Å². The van der Waals surface area contributed by atoms with Crippen molar-refractivity contribution in [2.45, 2.75) is 25.8 Å². The zero-order valence-electron chi connectivity index (χ0n) is 6.26. The first-order valence-electron chi connectivity index (χ1n) is 3.07. The van der Waals surface area contributed by atoms with Crippen LogP contribution in [-0.4, -0.2) is 17.1 Å². The highest BCUT2D eigenvalue weighted by Crippen LogP contribution is 2.10. The fourth-order valence-electron chi connectivity index (χ4n) is 0.461. The molecule has 10 heavy (non-hydrogen) atoms. The molecule has 0 fully saturated rings. The average Bonchev–Trinajstić information content (AvgIpc) is 1.80. The molecule has 0 aliphatic heterocycles. The van der Waals surface area contributed by atoms with E-state index in [2.05, 4.69) is 11.7 Å². The zero-order valence-corrected chi connectivity index (χ0v) is 7.97. The predicted octanol–water partition coefficient (Wildman–Crippen LogP) is 1.26.